The first-order chi connectivity index (χ1) is 16.2. The van der Waals surface area contributed by atoms with Crippen LogP contribution in [0.2, 0.25) is 10.0 Å². The smallest absolute Gasteiger partial charge is 0.319 e. The van der Waals surface area contributed by atoms with Gasteiger partial charge in [0.1, 0.15) is 0 Å². The fourth-order valence-electron chi connectivity index (χ4n) is 4.37. The minimum atomic E-state index is -0.401. The number of hydrogen-bond donors (Lipinski definition) is 3. The van der Waals surface area contributed by atoms with Crippen molar-refractivity contribution in [2.75, 3.05) is 25.0 Å². The van der Waals surface area contributed by atoms with Crippen LogP contribution in [-0.2, 0) is 17.6 Å². The summed E-state index contributed by atoms with van der Waals surface area (Å²) >= 11 is 12.2. The van der Waals surface area contributed by atoms with Crippen LogP contribution in [0.1, 0.15) is 37.8 Å². The quantitative estimate of drug-likeness (QED) is 0.442. The summed E-state index contributed by atoms with van der Waals surface area (Å²) in [6, 6.07) is 12.9. The van der Waals surface area contributed by atoms with Crippen LogP contribution in [0.3, 0.4) is 0 Å². The van der Waals surface area contributed by atoms with Crippen LogP contribution in [0.25, 0.3) is 0 Å². The molecule has 4 N–H and O–H groups in total. The van der Waals surface area contributed by atoms with E-state index in [0.29, 0.717) is 27.6 Å². The number of nitrogens with two attached hydrogens (primary N) is 1. The fourth-order valence-corrected chi connectivity index (χ4v) is 4.69. The molecule has 3 rings (SSSR count). The lowest BCUT2D eigenvalue weighted by molar-refractivity contribution is -0.117. The third kappa shape index (κ3) is 8.19. The Morgan fingerprint density at radius 3 is 2.44 bits per heavy atom. The van der Waals surface area contributed by atoms with E-state index in [1.54, 1.807) is 18.2 Å². The molecule has 0 aromatic heterocycles. The van der Waals surface area contributed by atoms with E-state index in [4.69, 9.17) is 28.9 Å². The minimum Gasteiger partial charge on any atom is -0.369 e. The maximum absolute atomic E-state index is 12.7. The number of piperidine rings is 1. The maximum atomic E-state index is 12.7. The topological polar surface area (TPSA) is 87.5 Å². The molecule has 1 unspecified atom stereocenters. The van der Waals surface area contributed by atoms with Crippen molar-refractivity contribution in [3.8, 4) is 0 Å². The summed E-state index contributed by atoms with van der Waals surface area (Å²) in [5.74, 6) is 0.512. The van der Waals surface area contributed by atoms with Gasteiger partial charge in [-0.1, -0.05) is 55.2 Å². The molecule has 6 nitrogen and oxygen atoms in total. The first-order valence-corrected chi connectivity index (χ1v) is 12.6. The molecule has 34 heavy (non-hydrogen) atoms. The molecule has 184 valence electrons. The summed E-state index contributed by atoms with van der Waals surface area (Å²) in [5, 5.41) is 7.21. The van der Waals surface area contributed by atoms with Crippen molar-refractivity contribution in [2.45, 2.75) is 45.6 Å². The lowest BCUT2D eigenvalue weighted by atomic mass is 9.89. The molecule has 3 amide bonds. The van der Waals surface area contributed by atoms with Crippen molar-refractivity contribution >= 4 is 40.8 Å². The number of anilines is 1. The van der Waals surface area contributed by atoms with Crippen LogP contribution in [0.5, 0.6) is 0 Å². The number of carbonyl (C=O) groups excluding carboxylic acids is 2. The number of urea groups is 1. The van der Waals surface area contributed by atoms with E-state index in [-0.39, 0.29) is 18.5 Å². The second-order valence-corrected chi connectivity index (χ2v) is 10.3. The van der Waals surface area contributed by atoms with E-state index in [9.17, 15) is 9.59 Å². The molecule has 2 aromatic rings. The Bertz CT molecular complexity index is 991. The number of rotatable bonds is 9. The molecule has 1 fully saturated rings. The first kappa shape index (κ1) is 26.3. The van der Waals surface area contributed by atoms with Crippen LogP contribution in [0, 0.1) is 11.8 Å². The van der Waals surface area contributed by atoms with Gasteiger partial charge in [-0.3, -0.25) is 4.79 Å². The van der Waals surface area contributed by atoms with Gasteiger partial charge < -0.3 is 21.3 Å². The van der Waals surface area contributed by atoms with Crippen LogP contribution in [0.4, 0.5) is 10.5 Å². The third-order valence-electron chi connectivity index (χ3n) is 6.35. The Balaban J connectivity index is 1.48. The summed E-state index contributed by atoms with van der Waals surface area (Å²) < 4.78 is 0. The molecule has 0 spiro atoms. The Kier molecular flexibility index (Phi) is 9.63. The van der Waals surface area contributed by atoms with Gasteiger partial charge in [0.25, 0.3) is 0 Å². The summed E-state index contributed by atoms with van der Waals surface area (Å²) in [6.07, 6.45) is 3.38. The van der Waals surface area contributed by atoms with Gasteiger partial charge in [0.2, 0.25) is 5.91 Å². The molecule has 8 heteroatoms. The molecule has 0 bridgehead atoms. The van der Waals surface area contributed by atoms with Gasteiger partial charge in [-0.25, -0.2) is 4.79 Å². The number of nitrogens with zero attached hydrogens (tertiary/aromatic N) is 1. The molecular formula is C26H34Cl2N4O2. The standard InChI is InChI=1S/C26H34Cl2N4O2/c1-17(2)24(31-26(34)30-21-5-3-4-19(13-21)15-25(29)33)16-32-10-8-18(9-11-32)12-20-6-7-22(27)23(28)14-20/h3-7,13-14,17-18,24H,8-12,15-16H2,1-2H3,(H2,29,33)(H2,30,31,34). The van der Waals surface area contributed by atoms with Crippen LogP contribution in [0.15, 0.2) is 42.5 Å². The second kappa shape index (κ2) is 12.4. The first-order valence-electron chi connectivity index (χ1n) is 11.8. The Hall–Kier alpha value is -2.28. The number of amides is 3. The molecule has 0 radical (unpaired) electrons. The van der Waals surface area contributed by atoms with Crippen LogP contribution in [-0.4, -0.2) is 42.5 Å². The summed E-state index contributed by atoms with van der Waals surface area (Å²) in [7, 11) is 0. The van der Waals surface area contributed by atoms with Crippen molar-refractivity contribution in [3.05, 3.63) is 63.6 Å². The highest BCUT2D eigenvalue weighted by molar-refractivity contribution is 6.42. The molecule has 1 atom stereocenters. The van der Waals surface area contributed by atoms with E-state index in [1.165, 1.54) is 5.56 Å². The van der Waals surface area contributed by atoms with E-state index in [2.05, 4.69) is 35.4 Å². The minimum absolute atomic E-state index is 0.0282. The third-order valence-corrected chi connectivity index (χ3v) is 7.09. The Labute approximate surface area is 212 Å². The van der Waals surface area contributed by atoms with Crippen molar-refractivity contribution in [2.24, 2.45) is 17.6 Å². The molecule has 1 saturated heterocycles. The summed E-state index contributed by atoms with van der Waals surface area (Å²) in [6.45, 7) is 7.07. The van der Waals surface area contributed by atoms with Gasteiger partial charge in [-0.2, -0.15) is 0 Å². The number of nitrogens with one attached hydrogen (secondary N) is 2. The number of likely N-dealkylation sites (tertiary alicyclic amines) is 1. The van der Waals surface area contributed by atoms with E-state index in [0.717, 1.165) is 44.5 Å². The predicted molar refractivity (Wildman–Crippen MR) is 139 cm³/mol. The van der Waals surface area contributed by atoms with Gasteiger partial charge in [0.05, 0.1) is 16.5 Å². The molecular weight excluding hydrogens is 471 g/mol. The number of hydrogen-bond acceptors (Lipinski definition) is 3. The Morgan fingerprint density at radius 2 is 1.79 bits per heavy atom. The van der Waals surface area contributed by atoms with Crippen molar-refractivity contribution in [3.63, 3.8) is 0 Å². The largest absolute Gasteiger partial charge is 0.369 e. The van der Waals surface area contributed by atoms with Gasteiger partial charge in [-0.05, 0) is 79.6 Å². The average Bonchev–Trinajstić information content (AvgIpc) is 2.77. The maximum Gasteiger partial charge on any atom is 0.319 e. The predicted octanol–water partition coefficient (Wildman–Crippen LogP) is 5.12. The second-order valence-electron chi connectivity index (χ2n) is 9.49. The average molecular weight is 505 g/mol. The zero-order valence-corrected chi connectivity index (χ0v) is 21.3. The van der Waals surface area contributed by atoms with Crippen molar-refractivity contribution < 1.29 is 9.59 Å². The molecule has 2 aromatic carbocycles. The number of primary amides is 1. The highest BCUT2D eigenvalue weighted by Gasteiger charge is 2.24. The zero-order valence-electron chi connectivity index (χ0n) is 19.8. The van der Waals surface area contributed by atoms with Gasteiger partial charge >= 0.3 is 6.03 Å². The van der Waals surface area contributed by atoms with Crippen LogP contribution >= 0.6 is 23.2 Å². The SMILES string of the molecule is CC(C)C(CN1CCC(Cc2ccc(Cl)c(Cl)c2)CC1)NC(=O)Nc1cccc(CC(N)=O)c1. The molecule has 1 heterocycles. The van der Waals surface area contributed by atoms with Gasteiger partial charge in [0.15, 0.2) is 0 Å². The lowest BCUT2D eigenvalue weighted by Gasteiger charge is -2.35. The fraction of sp³-hybridized carbons (Fsp3) is 0.462. The Morgan fingerprint density at radius 1 is 1.06 bits per heavy atom. The highest BCUT2D eigenvalue weighted by Crippen LogP contribution is 2.27. The van der Waals surface area contributed by atoms with Gasteiger partial charge in [-0.15, -0.1) is 0 Å². The van der Waals surface area contributed by atoms with Gasteiger partial charge in [0, 0.05) is 18.3 Å². The van der Waals surface area contributed by atoms with Crippen molar-refractivity contribution in [1.29, 1.82) is 0 Å². The normalized spacial score (nSPS) is 15.8. The summed E-state index contributed by atoms with van der Waals surface area (Å²) in [4.78, 5) is 26.2. The number of carbonyl (C=O) groups is 2. The lowest BCUT2D eigenvalue weighted by Crippen LogP contribution is -2.49. The number of halogens is 2. The zero-order chi connectivity index (χ0) is 24.7. The summed E-state index contributed by atoms with van der Waals surface area (Å²) in [5.41, 5.74) is 7.91. The molecule has 1 aliphatic rings. The monoisotopic (exact) mass is 504 g/mol. The van der Waals surface area contributed by atoms with Crippen LogP contribution < -0.4 is 16.4 Å². The molecule has 0 aliphatic carbocycles. The van der Waals surface area contributed by atoms with E-state index >= 15 is 0 Å². The number of benzene rings is 2. The van der Waals surface area contributed by atoms with E-state index < -0.39 is 5.91 Å². The molecule has 1 aliphatic heterocycles. The van der Waals surface area contributed by atoms with E-state index in [1.807, 2.05) is 18.2 Å². The van der Waals surface area contributed by atoms with Crippen molar-refractivity contribution in [1.82, 2.24) is 10.2 Å². The molecule has 0 saturated carbocycles. The highest BCUT2D eigenvalue weighted by atomic mass is 35.5.